The zero-order valence-electron chi connectivity index (χ0n) is 13.3. The molecule has 1 N–H and O–H groups in total. The number of anilines is 1. The van der Waals surface area contributed by atoms with E-state index in [1.54, 1.807) is 36.1 Å². The van der Waals surface area contributed by atoms with Crippen molar-refractivity contribution in [2.75, 3.05) is 4.72 Å². The highest BCUT2D eigenvalue weighted by molar-refractivity contribution is 7.92. The SMILES string of the molecule is Cc1ccc(S(=O)(=O)Nc2ncn(Cc3cccnc3)n2)c(C)c1. The number of nitrogens with one attached hydrogen (secondary N) is 1. The van der Waals surface area contributed by atoms with E-state index in [0.717, 1.165) is 11.1 Å². The number of rotatable bonds is 5. The van der Waals surface area contributed by atoms with E-state index in [4.69, 9.17) is 0 Å². The fourth-order valence-corrected chi connectivity index (χ4v) is 3.55. The minimum Gasteiger partial charge on any atom is -0.264 e. The molecule has 24 heavy (non-hydrogen) atoms. The van der Waals surface area contributed by atoms with Crippen molar-refractivity contribution in [3.05, 3.63) is 65.7 Å². The summed E-state index contributed by atoms with van der Waals surface area (Å²) < 4.78 is 28.9. The van der Waals surface area contributed by atoms with Crippen LogP contribution >= 0.6 is 0 Å². The molecule has 1 aromatic carbocycles. The third kappa shape index (κ3) is 3.60. The summed E-state index contributed by atoms with van der Waals surface area (Å²) in [5, 5.41) is 4.15. The lowest BCUT2D eigenvalue weighted by Crippen LogP contribution is -2.15. The Bertz CT molecular complexity index is 952. The molecule has 0 saturated heterocycles. The second kappa shape index (κ2) is 6.40. The molecule has 7 nitrogen and oxygen atoms in total. The number of sulfonamides is 1. The molecule has 0 aliphatic carbocycles. The van der Waals surface area contributed by atoms with Crippen molar-refractivity contribution in [3.63, 3.8) is 0 Å². The van der Waals surface area contributed by atoms with Gasteiger partial charge in [0, 0.05) is 12.4 Å². The molecule has 0 radical (unpaired) electrons. The molecular formula is C16H17N5O2S. The molecule has 0 bridgehead atoms. The van der Waals surface area contributed by atoms with Gasteiger partial charge in [-0.1, -0.05) is 23.8 Å². The quantitative estimate of drug-likeness (QED) is 0.766. The summed E-state index contributed by atoms with van der Waals surface area (Å²) >= 11 is 0. The van der Waals surface area contributed by atoms with Crippen LogP contribution in [0.5, 0.6) is 0 Å². The maximum absolute atomic E-state index is 12.5. The first-order valence-electron chi connectivity index (χ1n) is 7.32. The van der Waals surface area contributed by atoms with Gasteiger partial charge < -0.3 is 0 Å². The Morgan fingerprint density at radius 2 is 2.04 bits per heavy atom. The Balaban J connectivity index is 1.78. The normalized spacial score (nSPS) is 11.4. The number of pyridine rings is 1. The molecule has 0 unspecified atom stereocenters. The standard InChI is InChI=1S/C16H17N5O2S/c1-12-5-6-15(13(2)8-12)24(22,23)20-16-18-11-21(19-16)10-14-4-3-7-17-9-14/h3-9,11H,10H2,1-2H3,(H,19,20). The molecule has 124 valence electrons. The summed E-state index contributed by atoms with van der Waals surface area (Å²) in [6.45, 7) is 4.14. The highest BCUT2D eigenvalue weighted by atomic mass is 32.2. The summed E-state index contributed by atoms with van der Waals surface area (Å²) in [6.07, 6.45) is 4.89. The summed E-state index contributed by atoms with van der Waals surface area (Å²) in [6, 6.07) is 8.91. The molecule has 0 aliphatic heterocycles. The van der Waals surface area contributed by atoms with Gasteiger partial charge in [0.15, 0.2) is 0 Å². The molecule has 0 saturated carbocycles. The zero-order valence-corrected chi connectivity index (χ0v) is 14.2. The zero-order chi connectivity index (χ0) is 17.2. The van der Waals surface area contributed by atoms with Crippen molar-refractivity contribution >= 4 is 16.0 Å². The molecule has 2 heterocycles. The van der Waals surface area contributed by atoms with Crippen molar-refractivity contribution < 1.29 is 8.42 Å². The maximum atomic E-state index is 12.5. The Morgan fingerprint density at radius 1 is 1.21 bits per heavy atom. The fourth-order valence-electron chi connectivity index (χ4n) is 2.37. The van der Waals surface area contributed by atoms with Crippen molar-refractivity contribution in [3.8, 4) is 0 Å². The molecular weight excluding hydrogens is 326 g/mol. The molecule has 0 spiro atoms. The van der Waals surface area contributed by atoms with Crippen LogP contribution in [-0.4, -0.2) is 28.2 Å². The smallest absolute Gasteiger partial charge is 0.264 e. The van der Waals surface area contributed by atoms with Gasteiger partial charge in [0.25, 0.3) is 16.0 Å². The predicted octanol–water partition coefficient (Wildman–Crippen LogP) is 2.14. The molecule has 3 aromatic rings. The van der Waals surface area contributed by atoms with Gasteiger partial charge in [-0.15, -0.1) is 5.10 Å². The lowest BCUT2D eigenvalue weighted by molar-refractivity contribution is 0.600. The van der Waals surface area contributed by atoms with Crippen LogP contribution in [-0.2, 0) is 16.6 Å². The van der Waals surface area contributed by atoms with Crippen LogP contribution in [0.4, 0.5) is 5.95 Å². The number of hydrogen-bond donors (Lipinski definition) is 1. The topological polar surface area (TPSA) is 89.8 Å². The Morgan fingerprint density at radius 3 is 2.75 bits per heavy atom. The van der Waals surface area contributed by atoms with E-state index in [9.17, 15) is 8.42 Å². The lowest BCUT2D eigenvalue weighted by Gasteiger charge is -2.08. The number of aromatic nitrogens is 4. The first-order chi connectivity index (χ1) is 11.4. The number of hydrogen-bond acceptors (Lipinski definition) is 5. The average molecular weight is 343 g/mol. The van der Waals surface area contributed by atoms with E-state index < -0.39 is 10.0 Å². The molecule has 0 atom stereocenters. The van der Waals surface area contributed by atoms with Gasteiger partial charge in [-0.2, -0.15) is 4.98 Å². The summed E-state index contributed by atoms with van der Waals surface area (Å²) in [7, 11) is -3.72. The summed E-state index contributed by atoms with van der Waals surface area (Å²) in [5.74, 6) is 0.0406. The summed E-state index contributed by atoms with van der Waals surface area (Å²) in [4.78, 5) is 8.26. The van der Waals surface area contributed by atoms with Crippen molar-refractivity contribution in [2.24, 2.45) is 0 Å². The Kier molecular flexibility index (Phi) is 4.30. The number of aryl methyl sites for hydroxylation is 2. The Labute approximate surface area is 140 Å². The van der Waals surface area contributed by atoms with Gasteiger partial charge in [0.1, 0.15) is 6.33 Å². The monoisotopic (exact) mass is 343 g/mol. The molecule has 2 aromatic heterocycles. The van der Waals surface area contributed by atoms with Crippen LogP contribution in [0, 0.1) is 13.8 Å². The van der Waals surface area contributed by atoms with Crippen LogP contribution in [0.1, 0.15) is 16.7 Å². The van der Waals surface area contributed by atoms with E-state index >= 15 is 0 Å². The van der Waals surface area contributed by atoms with E-state index in [1.165, 1.54) is 6.33 Å². The molecule has 8 heteroatoms. The minimum atomic E-state index is -3.72. The van der Waals surface area contributed by atoms with E-state index in [0.29, 0.717) is 12.1 Å². The van der Waals surface area contributed by atoms with Gasteiger partial charge in [-0.05, 0) is 37.1 Å². The summed E-state index contributed by atoms with van der Waals surface area (Å²) in [5.41, 5.74) is 2.63. The first-order valence-corrected chi connectivity index (χ1v) is 8.81. The highest BCUT2D eigenvalue weighted by Crippen LogP contribution is 2.18. The third-order valence-electron chi connectivity index (χ3n) is 3.45. The number of nitrogens with zero attached hydrogens (tertiary/aromatic N) is 4. The van der Waals surface area contributed by atoms with Gasteiger partial charge in [0.05, 0.1) is 11.4 Å². The van der Waals surface area contributed by atoms with Crippen molar-refractivity contribution in [1.29, 1.82) is 0 Å². The highest BCUT2D eigenvalue weighted by Gasteiger charge is 2.18. The maximum Gasteiger partial charge on any atom is 0.264 e. The van der Waals surface area contributed by atoms with Gasteiger partial charge in [0.2, 0.25) is 0 Å². The van der Waals surface area contributed by atoms with E-state index in [2.05, 4.69) is 19.8 Å². The van der Waals surface area contributed by atoms with Crippen LogP contribution in [0.3, 0.4) is 0 Å². The van der Waals surface area contributed by atoms with Crippen LogP contribution in [0.25, 0.3) is 0 Å². The second-order valence-electron chi connectivity index (χ2n) is 5.50. The van der Waals surface area contributed by atoms with Gasteiger partial charge >= 0.3 is 0 Å². The van der Waals surface area contributed by atoms with Gasteiger partial charge in [-0.25, -0.2) is 17.8 Å². The molecule has 3 rings (SSSR count). The van der Waals surface area contributed by atoms with Crippen molar-refractivity contribution in [2.45, 2.75) is 25.3 Å². The fraction of sp³-hybridized carbons (Fsp3) is 0.188. The van der Waals surface area contributed by atoms with Crippen LogP contribution in [0.2, 0.25) is 0 Å². The minimum absolute atomic E-state index is 0.0406. The van der Waals surface area contributed by atoms with Crippen LogP contribution < -0.4 is 4.72 Å². The number of benzene rings is 1. The molecule has 0 fully saturated rings. The lowest BCUT2D eigenvalue weighted by atomic mass is 10.2. The largest absolute Gasteiger partial charge is 0.264 e. The average Bonchev–Trinajstić information content (AvgIpc) is 2.94. The predicted molar refractivity (Wildman–Crippen MR) is 90.1 cm³/mol. The first kappa shape index (κ1) is 16.1. The molecule has 0 aliphatic rings. The van der Waals surface area contributed by atoms with Crippen molar-refractivity contribution in [1.82, 2.24) is 19.7 Å². The van der Waals surface area contributed by atoms with Crippen LogP contribution in [0.15, 0.2) is 53.9 Å². The second-order valence-corrected chi connectivity index (χ2v) is 7.15. The molecule has 0 amide bonds. The third-order valence-corrected chi connectivity index (χ3v) is 4.94. The van der Waals surface area contributed by atoms with E-state index in [-0.39, 0.29) is 10.8 Å². The van der Waals surface area contributed by atoms with Gasteiger partial charge in [-0.3, -0.25) is 4.98 Å². The van der Waals surface area contributed by atoms with E-state index in [1.807, 2.05) is 25.1 Å². The Hall–Kier alpha value is -2.74.